The molecule has 1 aliphatic rings. The Morgan fingerprint density at radius 1 is 1.13 bits per heavy atom. The molecule has 1 aromatic heterocycles. The number of carbonyl (C=O) groups is 2. The zero-order valence-corrected chi connectivity index (χ0v) is 18.5. The van der Waals surface area contributed by atoms with Gasteiger partial charge in [0.05, 0.1) is 24.9 Å². The Hall–Kier alpha value is -2.87. The maximum absolute atomic E-state index is 13.1. The molecule has 1 aromatic carbocycles. The molecule has 8 heteroatoms. The summed E-state index contributed by atoms with van der Waals surface area (Å²) in [7, 11) is 5.20. The number of aromatic nitrogens is 2. The molecule has 0 radical (unpaired) electrons. The quantitative estimate of drug-likeness (QED) is 0.769. The first-order valence-corrected chi connectivity index (χ1v) is 9.96. The lowest BCUT2D eigenvalue weighted by Gasteiger charge is -2.28. The topological polar surface area (TPSA) is 76.9 Å². The number of benzene rings is 1. The Balaban J connectivity index is 1.70. The highest BCUT2D eigenvalue weighted by molar-refractivity contribution is 5.95. The molecule has 3 rings (SSSR count). The number of ether oxygens (including phenoxy) is 2. The SMILES string of the molecule is CO[C@H]1CN(C(=O)OC(C)(C)C)C[C@@H]1N(C)C(=O)c1ccc(-c2cnn(C)c2)cc1. The summed E-state index contributed by atoms with van der Waals surface area (Å²) < 4.78 is 12.8. The maximum Gasteiger partial charge on any atom is 0.410 e. The van der Waals surface area contributed by atoms with Crippen molar-refractivity contribution in [1.29, 1.82) is 0 Å². The molecule has 30 heavy (non-hydrogen) atoms. The van der Waals surface area contributed by atoms with Gasteiger partial charge in [0.25, 0.3) is 5.91 Å². The van der Waals surface area contributed by atoms with E-state index in [1.807, 2.05) is 58.3 Å². The van der Waals surface area contributed by atoms with Crippen LogP contribution in [-0.2, 0) is 16.5 Å². The number of amides is 2. The second kappa shape index (κ2) is 8.47. The van der Waals surface area contributed by atoms with Gasteiger partial charge in [-0.2, -0.15) is 5.10 Å². The van der Waals surface area contributed by atoms with Crippen molar-refractivity contribution >= 4 is 12.0 Å². The van der Waals surface area contributed by atoms with Gasteiger partial charge in [0.2, 0.25) is 0 Å². The number of likely N-dealkylation sites (tertiary alicyclic amines) is 1. The number of methoxy groups -OCH3 is 1. The molecule has 1 aliphatic heterocycles. The smallest absolute Gasteiger partial charge is 0.410 e. The fraction of sp³-hybridized carbons (Fsp3) is 0.500. The highest BCUT2D eigenvalue weighted by Gasteiger charge is 2.41. The van der Waals surface area contributed by atoms with E-state index < -0.39 is 11.7 Å². The van der Waals surface area contributed by atoms with Crippen LogP contribution in [0.5, 0.6) is 0 Å². The zero-order chi connectivity index (χ0) is 22.1. The third-order valence-corrected chi connectivity index (χ3v) is 5.18. The summed E-state index contributed by atoms with van der Waals surface area (Å²) in [6.07, 6.45) is 3.04. The average Bonchev–Trinajstić information content (AvgIpc) is 3.32. The molecule has 2 amide bonds. The Morgan fingerprint density at radius 2 is 1.80 bits per heavy atom. The molecule has 2 atom stereocenters. The van der Waals surface area contributed by atoms with Gasteiger partial charge in [-0.1, -0.05) is 12.1 Å². The van der Waals surface area contributed by atoms with Gasteiger partial charge < -0.3 is 19.3 Å². The number of rotatable bonds is 4. The van der Waals surface area contributed by atoms with Gasteiger partial charge in [0, 0.05) is 45.1 Å². The van der Waals surface area contributed by atoms with Gasteiger partial charge in [-0.15, -0.1) is 0 Å². The van der Waals surface area contributed by atoms with E-state index in [4.69, 9.17) is 9.47 Å². The first kappa shape index (κ1) is 21.8. The highest BCUT2D eigenvalue weighted by Crippen LogP contribution is 2.23. The van der Waals surface area contributed by atoms with Crippen LogP contribution >= 0.6 is 0 Å². The number of likely N-dealkylation sites (N-methyl/N-ethyl adjacent to an activating group) is 1. The molecule has 162 valence electrons. The molecule has 0 unspecified atom stereocenters. The van der Waals surface area contributed by atoms with Crippen molar-refractivity contribution in [3.8, 4) is 11.1 Å². The van der Waals surface area contributed by atoms with Crippen molar-refractivity contribution in [3.63, 3.8) is 0 Å². The predicted octanol–water partition coefficient (Wildman–Crippen LogP) is 2.79. The number of nitrogens with zero attached hydrogens (tertiary/aromatic N) is 4. The normalized spacial score (nSPS) is 19.1. The number of hydrogen-bond acceptors (Lipinski definition) is 5. The largest absolute Gasteiger partial charge is 0.444 e. The van der Waals surface area contributed by atoms with E-state index >= 15 is 0 Å². The number of aryl methyl sites for hydroxylation is 1. The minimum Gasteiger partial charge on any atom is -0.444 e. The van der Waals surface area contributed by atoms with Gasteiger partial charge in [-0.05, 0) is 38.5 Å². The third-order valence-electron chi connectivity index (χ3n) is 5.18. The lowest BCUT2D eigenvalue weighted by atomic mass is 10.1. The van der Waals surface area contributed by atoms with Crippen LogP contribution in [-0.4, -0.2) is 76.6 Å². The summed E-state index contributed by atoms with van der Waals surface area (Å²) in [5.74, 6) is -0.120. The van der Waals surface area contributed by atoms with Crippen LogP contribution in [0.4, 0.5) is 4.79 Å². The number of carbonyl (C=O) groups excluding carboxylic acids is 2. The monoisotopic (exact) mass is 414 g/mol. The van der Waals surface area contributed by atoms with E-state index in [-0.39, 0.29) is 18.1 Å². The van der Waals surface area contributed by atoms with Crippen molar-refractivity contribution in [1.82, 2.24) is 19.6 Å². The van der Waals surface area contributed by atoms with E-state index in [1.165, 1.54) is 0 Å². The highest BCUT2D eigenvalue weighted by atomic mass is 16.6. The second-order valence-corrected chi connectivity index (χ2v) is 8.62. The standard InChI is InChI=1S/C22H30N4O4/c1-22(2,3)30-21(28)26-13-18(19(14-26)29-6)25(5)20(27)16-9-7-15(8-10-16)17-11-23-24(4)12-17/h7-12,18-19H,13-14H2,1-6H3/t18-,19-/m0/s1. The summed E-state index contributed by atoms with van der Waals surface area (Å²) in [5.41, 5.74) is 1.99. The first-order chi connectivity index (χ1) is 14.1. The zero-order valence-electron chi connectivity index (χ0n) is 18.5. The molecule has 0 aliphatic carbocycles. The molecule has 2 aromatic rings. The van der Waals surface area contributed by atoms with Crippen LogP contribution in [0.25, 0.3) is 11.1 Å². The van der Waals surface area contributed by atoms with Gasteiger partial charge >= 0.3 is 6.09 Å². The molecular weight excluding hydrogens is 384 g/mol. The van der Waals surface area contributed by atoms with Gasteiger partial charge in [0.15, 0.2) is 0 Å². The predicted molar refractivity (Wildman–Crippen MR) is 113 cm³/mol. The molecule has 0 bridgehead atoms. The van der Waals surface area contributed by atoms with Gasteiger partial charge in [0.1, 0.15) is 5.60 Å². The van der Waals surface area contributed by atoms with E-state index in [1.54, 1.807) is 34.8 Å². The third kappa shape index (κ3) is 4.81. The van der Waals surface area contributed by atoms with E-state index in [0.717, 1.165) is 11.1 Å². The molecule has 1 fully saturated rings. The van der Waals surface area contributed by atoms with Crippen molar-refractivity contribution in [2.24, 2.45) is 7.05 Å². The lowest BCUT2D eigenvalue weighted by molar-refractivity contribution is 0.0249. The van der Waals surface area contributed by atoms with Crippen LogP contribution in [0.2, 0.25) is 0 Å². The minimum absolute atomic E-state index is 0.120. The molecule has 1 saturated heterocycles. The van der Waals surface area contributed by atoms with Crippen molar-refractivity contribution in [2.75, 3.05) is 27.2 Å². The fourth-order valence-electron chi connectivity index (χ4n) is 3.57. The van der Waals surface area contributed by atoms with Crippen molar-refractivity contribution < 1.29 is 19.1 Å². The maximum atomic E-state index is 13.1. The van der Waals surface area contributed by atoms with Crippen LogP contribution in [0, 0.1) is 0 Å². The summed E-state index contributed by atoms with van der Waals surface area (Å²) in [4.78, 5) is 28.8. The Bertz CT molecular complexity index is 901. The van der Waals surface area contributed by atoms with Crippen molar-refractivity contribution in [3.05, 3.63) is 42.2 Å². The van der Waals surface area contributed by atoms with Crippen LogP contribution in [0.1, 0.15) is 31.1 Å². The summed E-state index contributed by atoms with van der Waals surface area (Å²) in [6, 6.07) is 7.18. The van der Waals surface area contributed by atoms with Crippen molar-refractivity contribution in [2.45, 2.75) is 38.5 Å². The molecule has 0 spiro atoms. The van der Waals surface area contributed by atoms with E-state index in [0.29, 0.717) is 18.7 Å². The summed E-state index contributed by atoms with van der Waals surface area (Å²) >= 11 is 0. The van der Waals surface area contributed by atoms with Crippen LogP contribution < -0.4 is 0 Å². The molecular formula is C22H30N4O4. The minimum atomic E-state index is -0.574. The average molecular weight is 415 g/mol. The molecule has 8 nitrogen and oxygen atoms in total. The van der Waals surface area contributed by atoms with E-state index in [9.17, 15) is 9.59 Å². The van der Waals surface area contributed by atoms with Gasteiger partial charge in [-0.25, -0.2) is 4.79 Å². The summed E-state index contributed by atoms with van der Waals surface area (Å²) in [5, 5.41) is 4.18. The Labute approximate surface area is 177 Å². The number of hydrogen-bond donors (Lipinski definition) is 0. The molecule has 0 N–H and O–H groups in total. The van der Waals surface area contributed by atoms with E-state index in [2.05, 4.69) is 5.10 Å². The second-order valence-electron chi connectivity index (χ2n) is 8.62. The first-order valence-electron chi connectivity index (χ1n) is 9.96. The van der Waals surface area contributed by atoms with Crippen LogP contribution in [0.15, 0.2) is 36.7 Å². The lowest BCUT2D eigenvalue weighted by Crippen LogP contribution is -2.45. The van der Waals surface area contributed by atoms with Gasteiger partial charge in [-0.3, -0.25) is 9.48 Å². The van der Waals surface area contributed by atoms with Crippen LogP contribution in [0.3, 0.4) is 0 Å². The Kier molecular flexibility index (Phi) is 6.17. The molecule has 0 saturated carbocycles. The summed E-state index contributed by atoms with van der Waals surface area (Å²) in [6.45, 7) is 6.24. The Morgan fingerprint density at radius 3 is 2.33 bits per heavy atom. The molecule has 2 heterocycles. The fourth-order valence-corrected chi connectivity index (χ4v) is 3.57.